The van der Waals surface area contributed by atoms with E-state index in [1.54, 1.807) is 13.2 Å². The lowest BCUT2D eigenvalue weighted by atomic mass is 10.1. The third kappa shape index (κ3) is 4.42. The van der Waals surface area contributed by atoms with Crippen LogP contribution in [0.25, 0.3) is 0 Å². The molecule has 0 saturated heterocycles. The first-order chi connectivity index (χ1) is 8.17. The molecule has 0 aliphatic heterocycles. The van der Waals surface area contributed by atoms with Crippen LogP contribution in [0, 0.1) is 0 Å². The fourth-order valence-corrected chi connectivity index (χ4v) is 1.40. The van der Waals surface area contributed by atoms with Gasteiger partial charge in [-0.25, -0.2) is 0 Å². The van der Waals surface area contributed by atoms with Gasteiger partial charge in [0.05, 0.1) is 19.3 Å². The highest BCUT2D eigenvalue weighted by atomic mass is 16.5. The first-order valence-electron chi connectivity index (χ1n) is 5.34. The molecule has 0 aromatic heterocycles. The van der Waals surface area contributed by atoms with Gasteiger partial charge >= 0.3 is 0 Å². The minimum absolute atomic E-state index is 0.0347. The van der Waals surface area contributed by atoms with Gasteiger partial charge in [0, 0.05) is 12.7 Å². The lowest BCUT2D eigenvalue weighted by Gasteiger charge is -2.12. The van der Waals surface area contributed by atoms with Crippen LogP contribution in [0.5, 0.6) is 0 Å². The Hall–Kier alpha value is -1.59. The molecular weight excluding hydrogens is 220 g/mol. The van der Waals surface area contributed by atoms with Crippen molar-refractivity contribution < 1.29 is 14.7 Å². The highest BCUT2D eigenvalue weighted by molar-refractivity contribution is 5.97. The largest absolute Gasteiger partial charge is 0.409 e. The summed E-state index contributed by atoms with van der Waals surface area (Å²) in [6, 6.07) is 7.37. The second kappa shape index (κ2) is 6.88. The third-order valence-corrected chi connectivity index (χ3v) is 2.27. The standard InChI is InChI=1S/C12H18N2O3/c1-9(7-16-2)17-8-10-4-3-5-11(6-10)12(13)14-15/h3-6,9,15H,7-8H2,1-2H3,(H2,13,14). The van der Waals surface area contributed by atoms with Crippen molar-refractivity contribution in [3.8, 4) is 0 Å². The van der Waals surface area contributed by atoms with Crippen LogP contribution in [0.3, 0.4) is 0 Å². The van der Waals surface area contributed by atoms with E-state index in [-0.39, 0.29) is 11.9 Å². The number of methoxy groups -OCH3 is 1. The van der Waals surface area contributed by atoms with Crippen LogP contribution in [0.2, 0.25) is 0 Å². The second-order valence-electron chi connectivity index (χ2n) is 3.76. The van der Waals surface area contributed by atoms with E-state index in [1.165, 1.54) is 0 Å². The molecule has 5 nitrogen and oxygen atoms in total. The van der Waals surface area contributed by atoms with E-state index in [4.69, 9.17) is 20.4 Å². The molecule has 0 heterocycles. The molecule has 0 saturated carbocycles. The van der Waals surface area contributed by atoms with Gasteiger partial charge in [-0.05, 0) is 18.6 Å². The Morgan fingerprint density at radius 3 is 2.94 bits per heavy atom. The number of oxime groups is 1. The zero-order valence-corrected chi connectivity index (χ0v) is 10.1. The van der Waals surface area contributed by atoms with Gasteiger partial charge in [-0.2, -0.15) is 0 Å². The summed E-state index contributed by atoms with van der Waals surface area (Å²) in [5, 5.41) is 11.5. The van der Waals surface area contributed by atoms with E-state index in [1.807, 2.05) is 25.1 Å². The fraction of sp³-hybridized carbons (Fsp3) is 0.417. The molecule has 0 bridgehead atoms. The molecular formula is C12H18N2O3. The Morgan fingerprint density at radius 2 is 2.29 bits per heavy atom. The zero-order valence-electron chi connectivity index (χ0n) is 10.1. The van der Waals surface area contributed by atoms with Gasteiger partial charge < -0.3 is 20.4 Å². The number of rotatable bonds is 6. The minimum Gasteiger partial charge on any atom is -0.409 e. The Balaban J connectivity index is 2.60. The van der Waals surface area contributed by atoms with Crippen LogP contribution in [0.4, 0.5) is 0 Å². The van der Waals surface area contributed by atoms with Gasteiger partial charge in [0.2, 0.25) is 0 Å². The number of hydrogen-bond acceptors (Lipinski definition) is 4. The van der Waals surface area contributed by atoms with Crippen LogP contribution in [-0.2, 0) is 16.1 Å². The summed E-state index contributed by atoms with van der Waals surface area (Å²) in [6.45, 7) is 2.97. The topological polar surface area (TPSA) is 77.1 Å². The quantitative estimate of drug-likeness (QED) is 0.339. The molecule has 1 unspecified atom stereocenters. The molecule has 1 rings (SSSR count). The Bertz CT molecular complexity index is 380. The van der Waals surface area contributed by atoms with E-state index >= 15 is 0 Å². The Labute approximate surface area is 101 Å². The average molecular weight is 238 g/mol. The van der Waals surface area contributed by atoms with E-state index in [0.717, 1.165) is 5.56 Å². The smallest absolute Gasteiger partial charge is 0.170 e. The van der Waals surface area contributed by atoms with E-state index < -0.39 is 0 Å². The highest BCUT2D eigenvalue weighted by Gasteiger charge is 2.04. The Kier molecular flexibility index (Phi) is 5.45. The number of amidine groups is 1. The fourth-order valence-electron chi connectivity index (χ4n) is 1.40. The van der Waals surface area contributed by atoms with E-state index in [0.29, 0.717) is 18.8 Å². The average Bonchev–Trinajstić information content (AvgIpc) is 2.36. The molecule has 17 heavy (non-hydrogen) atoms. The SMILES string of the molecule is COCC(C)OCc1cccc(C(N)=NO)c1. The second-order valence-corrected chi connectivity index (χ2v) is 3.76. The molecule has 1 aromatic rings. The lowest BCUT2D eigenvalue weighted by molar-refractivity contribution is -0.000129. The van der Waals surface area contributed by atoms with Crippen molar-refractivity contribution >= 4 is 5.84 Å². The maximum Gasteiger partial charge on any atom is 0.170 e. The Morgan fingerprint density at radius 1 is 1.53 bits per heavy atom. The summed E-state index contributed by atoms with van der Waals surface area (Å²) in [4.78, 5) is 0. The summed E-state index contributed by atoms with van der Waals surface area (Å²) in [7, 11) is 1.64. The summed E-state index contributed by atoms with van der Waals surface area (Å²) < 4.78 is 10.5. The molecule has 3 N–H and O–H groups in total. The van der Waals surface area contributed by atoms with Crippen molar-refractivity contribution in [3.63, 3.8) is 0 Å². The normalized spacial score (nSPS) is 13.6. The number of ether oxygens (including phenoxy) is 2. The molecule has 0 amide bonds. The molecule has 1 atom stereocenters. The summed E-state index contributed by atoms with van der Waals surface area (Å²) in [6.07, 6.45) is 0.0347. The zero-order chi connectivity index (χ0) is 12.7. The number of nitrogens with zero attached hydrogens (tertiary/aromatic N) is 1. The molecule has 94 valence electrons. The van der Waals surface area contributed by atoms with Crippen molar-refractivity contribution in [1.29, 1.82) is 0 Å². The highest BCUT2D eigenvalue weighted by Crippen LogP contribution is 2.08. The van der Waals surface area contributed by atoms with Gasteiger partial charge in [0.25, 0.3) is 0 Å². The van der Waals surface area contributed by atoms with Gasteiger partial charge in [-0.15, -0.1) is 0 Å². The van der Waals surface area contributed by atoms with Crippen LogP contribution in [0.15, 0.2) is 29.4 Å². The third-order valence-electron chi connectivity index (χ3n) is 2.27. The number of nitrogens with two attached hydrogens (primary N) is 1. The maximum absolute atomic E-state index is 8.58. The molecule has 0 aliphatic carbocycles. The number of benzene rings is 1. The van der Waals surface area contributed by atoms with Crippen molar-refractivity contribution in [2.24, 2.45) is 10.9 Å². The molecule has 0 aliphatic rings. The molecule has 1 aromatic carbocycles. The lowest BCUT2D eigenvalue weighted by Crippen LogP contribution is -2.15. The summed E-state index contributed by atoms with van der Waals surface area (Å²) in [5.41, 5.74) is 7.15. The van der Waals surface area contributed by atoms with Crippen LogP contribution in [0.1, 0.15) is 18.1 Å². The van der Waals surface area contributed by atoms with Crippen LogP contribution >= 0.6 is 0 Å². The monoisotopic (exact) mass is 238 g/mol. The number of hydrogen-bond donors (Lipinski definition) is 2. The first kappa shape index (κ1) is 13.5. The minimum atomic E-state index is 0.0347. The van der Waals surface area contributed by atoms with Gasteiger partial charge in [0.15, 0.2) is 5.84 Å². The van der Waals surface area contributed by atoms with E-state index in [9.17, 15) is 0 Å². The first-order valence-corrected chi connectivity index (χ1v) is 5.34. The van der Waals surface area contributed by atoms with Gasteiger partial charge in [-0.1, -0.05) is 23.4 Å². The van der Waals surface area contributed by atoms with Crippen molar-refractivity contribution in [2.75, 3.05) is 13.7 Å². The van der Waals surface area contributed by atoms with Crippen LogP contribution < -0.4 is 5.73 Å². The predicted molar refractivity (Wildman–Crippen MR) is 65.1 cm³/mol. The van der Waals surface area contributed by atoms with Crippen molar-refractivity contribution in [1.82, 2.24) is 0 Å². The molecule has 5 heteroatoms. The maximum atomic E-state index is 8.58. The molecule has 0 radical (unpaired) electrons. The van der Waals surface area contributed by atoms with Crippen LogP contribution in [-0.4, -0.2) is 30.9 Å². The van der Waals surface area contributed by atoms with Gasteiger partial charge in [-0.3, -0.25) is 0 Å². The van der Waals surface area contributed by atoms with Crippen molar-refractivity contribution in [3.05, 3.63) is 35.4 Å². The predicted octanol–water partition coefficient (Wildman–Crippen LogP) is 1.33. The molecule has 0 fully saturated rings. The van der Waals surface area contributed by atoms with E-state index in [2.05, 4.69) is 5.16 Å². The van der Waals surface area contributed by atoms with Crippen molar-refractivity contribution in [2.45, 2.75) is 19.6 Å². The molecule has 0 spiro atoms. The summed E-state index contributed by atoms with van der Waals surface area (Å²) in [5.74, 6) is 0.0942. The summed E-state index contributed by atoms with van der Waals surface area (Å²) >= 11 is 0. The van der Waals surface area contributed by atoms with Gasteiger partial charge in [0.1, 0.15) is 0 Å².